The minimum Gasteiger partial charge on any atom is -0.465 e. The van der Waals surface area contributed by atoms with Gasteiger partial charge in [-0.25, -0.2) is 24.0 Å². The average molecular weight is 933 g/mol. The number of methoxy groups -OCH3 is 1. The maximum Gasteiger partial charge on any atom is 0.419 e. The van der Waals surface area contributed by atoms with Crippen LogP contribution in [0, 0.1) is 17.8 Å². The molecule has 3 rings (SSSR count). The Bertz CT molecular complexity index is 2280. The van der Waals surface area contributed by atoms with Gasteiger partial charge in [-0.15, -0.1) is 0 Å². The number of aromatic nitrogens is 1. The number of nitrogens with zero attached hydrogens (tertiary/aromatic N) is 1. The average Bonchev–Trinajstić information content (AvgIpc) is 3.57. The van der Waals surface area contributed by atoms with Gasteiger partial charge in [0.25, 0.3) is 0 Å². The highest BCUT2D eigenvalue weighted by atomic mass is 16.6. The molecule has 0 radical (unpaired) electrons. The van der Waals surface area contributed by atoms with E-state index in [1.807, 2.05) is 33.8 Å². The van der Waals surface area contributed by atoms with E-state index >= 15 is 0 Å². The third kappa shape index (κ3) is 16.3. The van der Waals surface area contributed by atoms with Gasteiger partial charge in [0.15, 0.2) is 5.78 Å². The Balaban J connectivity index is 2.31. The molecule has 3 N–H and O–H groups in total. The fraction of sp³-hybridized carbons (Fsp3) is 0.549. The Morgan fingerprint density at radius 3 is 1.79 bits per heavy atom. The first-order chi connectivity index (χ1) is 31.0. The van der Waals surface area contributed by atoms with Crippen molar-refractivity contribution < 1.29 is 57.2 Å². The van der Waals surface area contributed by atoms with E-state index in [9.17, 15) is 33.6 Å². The number of nitrogens with one attached hydrogen (secondary N) is 3. The predicted molar refractivity (Wildman–Crippen MR) is 255 cm³/mol. The minimum atomic E-state index is -1.34. The summed E-state index contributed by atoms with van der Waals surface area (Å²) in [4.78, 5) is 96.5. The molecule has 0 spiro atoms. The number of carbonyl (C=O) groups excluding carboxylic acids is 7. The highest BCUT2D eigenvalue weighted by Gasteiger charge is 2.39. The van der Waals surface area contributed by atoms with Gasteiger partial charge in [-0.1, -0.05) is 90.4 Å². The first kappa shape index (κ1) is 55.1. The number of hydrogen-bond donors (Lipinski definition) is 3. The van der Waals surface area contributed by atoms with Crippen molar-refractivity contribution in [3.63, 3.8) is 0 Å². The van der Waals surface area contributed by atoms with Crippen molar-refractivity contribution in [3.05, 3.63) is 77.0 Å². The summed E-state index contributed by atoms with van der Waals surface area (Å²) >= 11 is 0. The number of carbonyl (C=O) groups is 7. The second-order valence-corrected chi connectivity index (χ2v) is 20.4. The first-order valence-electron chi connectivity index (χ1n) is 22.7. The molecule has 0 saturated heterocycles. The number of alkyl carbamates (subject to hydrolysis) is 2. The van der Waals surface area contributed by atoms with E-state index in [4.69, 9.17) is 23.7 Å². The van der Waals surface area contributed by atoms with Crippen molar-refractivity contribution in [2.24, 2.45) is 17.8 Å². The van der Waals surface area contributed by atoms with Crippen LogP contribution in [0.3, 0.4) is 0 Å². The molecule has 5 atom stereocenters. The number of ketones is 1. The number of ether oxygens (including phenoxy) is 5. The van der Waals surface area contributed by atoms with E-state index in [1.165, 1.54) is 16.8 Å². The second-order valence-electron chi connectivity index (χ2n) is 20.4. The zero-order valence-electron chi connectivity index (χ0n) is 42.1. The fourth-order valence-electron chi connectivity index (χ4n) is 7.14. The van der Waals surface area contributed by atoms with Crippen molar-refractivity contribution in [2.45, 2.75) is 158 Å². The topological polar surface area (TPSA) is 207 Å². The van der Waals surface area contributed by atoms with E-state index < -0.39 is 94.2 Å². The van der Waals surface area contributed by atoms with Crippen molar-refractivity contribution in [1.82, 2.24) is 20.5 Å². The summed E-state index contributed by atoms with van der Waals surface area (Å²) in [6, 6.07) is 10.4. The number of rotatable bonds is 17. The molecule has 3 amide bonds. The minimum absolute atomic E-state index is 0.0858. The Morgan fingerprint density at radius 2 is 1.27 bits per heavy atom. The number of amides is 3. The number of benzene rings is 2. The summed E-state index contributed by atoms with van der Waals surface area (Å²) in [5.41, 5.74) is -1.35. The monoisotopic (exact) mass is 933 g/mol. The predicted octanol–water partition coefficient (Wildman–Crippen LogP) is 9.01. The molecule has 1 unspecified atom stereocenters. The fourth-order valence-corrected chi connectivity index (χ4v) is 7.14. The molecule has 67 heavy (non-hydrogen) atoms. The molecular weight excluding hydrogens is 861 g/mol. The molecule has 0 fully saturated rings. The highest BCUT2D eigenvalue weighted by Crippen LogP contribution is 2.34. The van der Waals surface area contributed by atoms with Gasteiger partial charge >= 0.3 is 30.2 Å². The zero-order valence-corrected chi connectivity index (χ0v) is 42.1. The van der Waals surface area contributed by atoms with Crippen molar-refractivity contribution in [2.75, 3.05) is 7.11 Å². The summed E-state index contributed by atoms with van der Waals surface area (Å²) in [5, 5.41) is 8.64. The third-order valence-corrected chi connectivity index (χ3v) is 10.4. The maximum absolute atomic E-state index is 14.7. The quantitative estimate of drug-likeness (QED) is 0.0381. The molecule has 368 valence electrons. The van der Waals surface area contributed by atoms with E-state index in [-0.39, 0.29) is 29.5 Å². The van der Waals surface area contributed by atoms with Crippen LogP contribution in [0.4, 0.5) is 14.4 Å². The van der Waals surface area contributed by atoms with Crippen LogP contribution in [0.15, 0.2) is 60.3 Å². The van der Waals surface area contributed by atoms with Crippen molar-refractivity contribution in [1.29, 1.82) is 0 Å². The number of fused-ring (bicyclic) bond motifs is 1. The van der Waals surface area contributed by atoms with Gasteiger partial charge in [-0.3, -0.25) is 14.2 Å². The molecular formula is C51H72N4O12. The lowest BCUT2D eigenvalue weighted by Gasteiger charge is -2.33. The molecule has 16 heteroatoms. The summed E-state index contributed by atoms with van der Waals surface area (Å²) in [6.07, 6.45) is 0.678. The van der Waals surface area contributed by atoms with Crippen LogP contribution < -0.4 is 16.0 Å². The lowest BCUT2D eigenvalue weighted by molar-refractivity contribution is -0.160. The Morgan fingerprint density at radius 1 is 0.687 bits per heavy atom. The van der Waals surface area contributed by atoms with Crippen LogP contribution in [-0.4, -0.2) is 88.5 Å². The number of Topliss-reactive ketones (excluding diaryl/α,β-unsaturated/α-hetero) is 1. The molecule has 2 aromatic carbocycles. The summed E-state index contributed by atoms with van der Waals surface area (Å²) in [7, 11) is 1.12. The van der Waals surface area contributed by atoms with Crippen LogP contribution in [0.2, 0.25) is 0 Å². The van der Waals surface area contributed by atoms with Gasteiger partial charge in [0.1, 0.15) is 41.1 Å². The van der Waals surface area contributed by atoms with Crippen LogP contribution in [0.1, 0.15) is 133 Å². The zero-order chi connectivity index (χ0) is 50.8. The molecule has 0 aliphatic rings. The smallest absolute Gasteiger partial charge is 0.419 e. The van der Waals surface area contributed by atoms with Gasteiger partial charge in [0.2, 0.25) is 5.91 Å². The Kier molecular flexibility index (Phi) is 18.9. The highest BCUT2D eigenvalue weighted by molar-refractivity contribution is 6.23. The Hall–Kier alpha value is -6.19. The molecule has 1 aromatic heterocycles. The van der Waals surface area contributed by atoms with E-state index in [1.54, 1.807) is 119 Å². The molecule has 0 saturated carbocycles. The van der Waals surface area contributed by atoms with Crippen molar-refractivity contribution >= 4 is 58.9 Å². The normalized spacial score (nSPS) is 14.6. The maximum atomic E-state index is 14.7. The molecule has 3 aromatic rings. The molecule has 0 aliphatic carbocycles. The van der Waals surface area contributed by atoms with E-state index in [2.05, 4.69) is 16.0 Å². The van der Waals surface area contributed by atoms with Gasteiger partial charge in [0.05, 0.1) is 18.7 Å². The van der Waals surface area contributed by atoms with E-state index in [0.717, 1.165) is 12.7 Å². The second kappa shape index (κ2) is 23.0. The lowest BCUT2D eigenvalue weighted by atomic mass is 9.81. The number of hydrogen-bond acceptors (Lipinski definition) is 12. The third-order valence-electron chi connectivity index (χ3n) is 10.4. The molecule has 0 aliphatic heterocycles. The van der Waals surface area contributed by atoms with Gasteiger partial charge < -0.3 is 39.6 Å². The van der Waals surface area contributed by atoms with Crippen molar-refractivity contribution in [3.8, 4) is 0 Å². The van der Waals surface area contributed by atoms with Crippen LogP contribution >= 0.6 is 0 Å². The van der Waals surface area contributed by atoms with Gasteiger partial charge in [-0.05, 0) is 103 Å². The van der Waals surface area contributed by atoms with Crippen LogP contribution in [-0.2, 0) is 49.5 Å². The van der Waals surface area contributed by atoms with Crippen LogP contribution in [0.25, 0.3) is 17.0 Å². The molecule has 0 bridgehead atoms. The number of esters is 2. The van der Waals surface area contributed by atoms with Gasteiger partial charge in [0, 0.05) is 23.1 Å². The summed E-state index contributed by atoms with van der Waals surface area (Å²) in [5.74, 6) is -5.10. The summed E-state index contributed by atoms with van der Waals surface area (Å²) < 4.78 is 28.8. The standard InChI is InChI=1S/C51H72N4O12/c1-17-31(6)40(45(59)65-49(7,8)9)52-43(57)41(54-46(60)64-28-32-21-19-18-20-22-32)38(29(2)3)33-23-24-35-34(27-55(37(35)26-33)48(62)67-51(13,14)15)25-36(44(58)63-16)42(56)39(30(4)5)53-47(61)66-50(10,11)12/h18-27,29-31,38-41H,17,28H2,1-16H3,(H,52,57)(H,53,61)(H,54,60)/b36-25+/t31?,38-,39-,40-,41+/m0/s1. The van der Waals surface area contributed by atoms with Crippen LogP contribution in [0.5, 0.6) is 0 Å². The first-order valence-corrected chi connectivity index (χ1v) is 22.7. The van der Waals surface area contributed by atoms with Gasteiger partial charge in [-0.2, -0.15) is 0 Å². The Labute approximate surface area is 395 Å². The van der Waals surface area contributed by atoms with E-state index in [0.29, 0.717) is 17.4 Å². The summed E-state index contributed by atoms with van der Waals surface area (Å²) in [6.45, 7) is 26.0. The molecule has 16 nitrogen and oxygen atoms in total. The largest absolute Gasteiger partial charge is 0.465 e. The lowest BCUT2D eigenvalue weighted by Crippen LogP contribution is -2.56. The SMILES string of the molecule is CCC(C)[C@H](NC(=O)[C@H](NC(=O)OCc1ccccc1)[C@H](c1ccc2c(/C=C(/C(=O)OC)C(=O)[C@@H](NC(=O)OC(C)(C)C)C(C)C)cn(C(=O)OC(C)(C)C)c2c1)C(C)C)C(=O)OC(C)(C)C. The molecule has 1 heterocycles.